The Morgan fingerprint density at radius 2 is 1.61 bits per heavy atom. The minimum Gasteiger partial charge on any atom is -0.432 e. The molecule has 0 fully saturated rings. The number of hydrogen-bond donors (Lipinski definition) is 3. The van der Waals surface area contributed by atoms with Gasteiger partial charge in [-0.1, -0.05) is 42.5 Å². The Bertz CT molecular complexity index is 1460. The molecule has 0 unspecified atom stereocenters. The molecule has 0 saturated carbocycles. The number of benzene rings is 3. The fourth-order valence-corrected chi connectivity index (χ4v) is 3.64. The van der Waals surface area contributed by atoms with Crippen molar-refractivity contribution >= 4 is 52.8 Å². The van der Waals surface area contributed by atoms with Crippen LogP contribution in [-0.2, 0) is 9.47 Å². The van der Waals surface area contributed by atoms with Crippen LogP contribution in [0.25, 0.3) is 0 Å². The van der Waals surface area contributed by atoms with Crippen LogP contribution >= 0.6 is 11.8 Å². The highest BCUT2D eigenvalue weighted by Crippen LogP contribution is 2.25. The van der Waals surface area contributed by atoms with E-state index in [0.717, 1.165) is 46.3 Å². The van der Waals surface area contributed by atoms with Gasteiger partial charge in [0.1, 0.15) is 23.9 Å². The Morgan fingerprint density at radius 3 is 2.16 bits per heavy atom. The third-order valence-corrected chi connectivity index (χ3v) is 5.85. The summed E-state index contributed by atoms with van der Waals surface area (Å²) in [5, 5.41) is 7.46. The summed E-state index contributed by atoms with van der Waals surface area (Å²) in [4.78, 5) is 23.4. The summed E-state index contributed by atoms with van der Waals surface area (Å²) in [6.45, 7) is 7.46. The monoisotopic (exact) mass is 630 g/mol. The molecular weight excluding hydrogens is 597 g/mol. The highest BCUT2D eigenvalue weighted by atomic mass is 32.2. The van der Waals surface area contributed by atoms with E-state index in [2.05, 4.69) is 19.7 Å². The summed E-state index contributed by atoms with van der Waals surface area (Å²) < 4.78 is 49.6. The SMILES string of the molecule is Cc1cccc(C)c1N=C(N)SCOC(=O)OC(C)C.N=Cc1ccc(C(N)=NC=Nc2ccc(OC(F)(F)F)cc2)cc1. The average Bonchev–Trinajstić information content (AvgIpc) is 2.95. The van der Waals surface area contributed by atoms with Gasteiger partial charge in [0.2, 0.25) is 0 Å². The molecule has 10 nitrogen and oxygen atoms in total. The lowest BCUT2D eigenvalue weighted by molar-refractivity contribution is -0.274. The lowest BCUT2D eigenvalue weighted by atomic mass is 10.1. The number of ether oxygens (including phenoxy) is 3. The molecule has 3 aromatic carbocycles. The van der Waals surface area contributed by atoms with E-state index in [0.29, 0.717) is 16.4 Å². The summed E-state index contributed by atoms with van der Waals surface area (Å²) in [6.07, 6.45) is -3.21. The van der Waals surface area contributed by atoms with E-state index >= 15 is 0 Å². The van der Waals surface area contributed by atoms with Crippen molar-refractivity contribution in [1.29, 1.82) is 5.41 Å². The minimum atomic E-state index is -4.73. The van der Waals surface area contributed by atoms with Crippen molar-refractivity contribution in [2.24, 2.45) is 26.4 Å². The topological polar surface area (TPSA) is 158 Å². The number of halogens is 3. The van der Waals surface area contributed by atoms with Crippen LogP contribution < -0.4 is 16.2 Å². The van der Waals surface area contributed by atoms with Crippen molar-refractivity contribution in [2.75, 3.05) is 5.94 Å². The Labute approximate surface area is 257 Å². The summed E-state index contributed by atoms with van der Waals surface area (Å²) in [5.41, 5.74) is 16.4. The van der Waals surface area contributed by atoms with Gasteiger partial charge in [-0.15, -0.1) is 13.2 Å². The molecule has 5 N–H and O–H groups in total. The first kappa shape index (κ1) is 35.3. The van der Waals surface area contributed by atoms with Crippen LogP contribution in [0.4, 0.5) is 29.3 Å². The maximum absolute atomic E-state index is 12.0. The highest BCUT2D eigenvalue weighted by Gasteiger charge is 2.30. The molecule has 0 amide bonds. The zero-order valence-corrected chi connectivity index (χ0v) is 25.3. The van der Waals surface area contributed by atoms with Gasteiger partial charge in [0.15, 0.2) is 5.17 Å². The average molecular weight is 631 g/mol. The van der Waals surface area contributed by atoms with Crippen LogP contribution in [0.2, 0.25) is 0 Å². The lowest BCUT2D eigenvalue weighted by Crippen LogP contribution is -2.16. The van der Waals surface area contributed by atoms with Crippen molar-refractivity contribution in [3.63, 3.8) is 0 Å². The van der Waals surface area contributed by atoms with Gasteiger partial charge >= 0.3 is 12.5 Å². The largest absolute Gasteiger partial charge is 0.573 e. The van der Waals surface area contributed by atoms with E-state index < -0.39 is 12.5 Å². The van der Waals surface area contributed by atoms with Gasteiger partial charge in [0.25, 0.3) is 0 Å². The normalized spacial score (nSPS) is 12.0. The Hall–Kier alpha value is -4.85. The van der Waals surface area contributed by atoms with E-state index in [1.807, 2.05) is 32.0 Å². The van der Waals surface area contributed by atoms with Gasteiger partial charge in [-0.2, -0.15) is 0 Å². The number of hydrogen-bond acceptors (Lipinski definition) is 8. The molecule has 0 atom stereocenters. The zero-order valence-electron chi connectivity index (χ0n) is 24.5. The fraction of sp³-hybridized carbons (Fsp3) is 0.233. The minimum absolute atomic E-state index is 0.0752. The molecule has 3 rings (SSSR count). The van der Waals surface area contributed by atoms with Gasteiger partial charge in [-0.3, -0.25) is 0 Å². The number of nitrogens with two attached hydrogens (primary N) is 2. The number of alkyl halides is 3. The summed E-state index contributed by atoms with van der Waals surface area (Å²) in [7, 11) is 0. The number of nitrogens with zero attached hydrogens (tertiary/aromatic N) is 3. The van der Waals surface area contributed by atoms with Crippen LogP contribution in [0.1, 0.15) is 36.1 Å². The molecule has 0 aliphatic heterocycles. The molecule has 0 aromatic heterocycles. The number of thioether (sulfide) groups is 1. The summed E-state index contributed by atoms with van der Waals surface area (Å²) in [6, 6.07) is 17.8. The van der Waals surface area contributed by atoms with Crippen LogP contribution in [0.3, 0.4) is 0 Å². The van der Waals surface area contributed by atoms with Crippen molar-refractivity contribution in [3.05, 3.63) is 89.0 Å². The molecule has 0 heterocycles. The van der Waals surface area contributed by atoms with Gasteiger partial charge < -0.3 is 31.1 Å². The third-order valence-electron chi connectivity index (χ3n) is 5.22. The maximum atomic E-state index is 12.0. The second-order valence-corrected chi connectivity index (χ2v) is 10.0. The molecule has 0 aliphatic rings. The van der Waals surface area contributed by atoms with Crippen LogP contribution in [0.15, 0.2) is 81.7 Å². The number of aryl methyl sites for hydroxylation is 2. The maximum Gasteiger partial charge on any atom is 0.573 e. The van der Waals surface area contributed by atoms with Gasteiger partial charge in [-0.25, -0.2) is 19.8 Å². The van der Waals surface area contributed by atoms with Crippen molar-refractivity contribution < 1.29 is 32.2 Å². The predicted octanol–water partition coefficient (Wildman–Crippen LogP) is 7.15. The second kappa shape index (κ2) is 17.3. The van der Waals surface area contributed by atoms with Crippen molar-refractivity contribution in [2.45, 2.75) is 40.2 Å². The number of carbonyl (C=O) groups excluding carboxylic acids is 1. The number of carbonyl (C=O) groups is 1. The predicted molar refractivity (Wildman–Crippen MR) is 169 cm³/mol. The molecule has 14 heteroatoms. The number of nitrogens with one attached hydrogen (secondary N) is 1. The highest BCUT2D eigenvalue weighted by molar-refractivity contribution is 8.13. The number of rotatable bonds is 9. The fourth-order valence-electron chi connectivity index (χ4n) is 3.21. The molecule has 0 spiro atoms. The molecule has 0 radical (unpaired) electrons. The molecule has 0 aliphatic carbocycles. The molecule has 3 aromatic rings. The summed E-state index contributed by atoms with van der Waals surface area (Å²) >= 11 is 1.15. The van der Waals surface area contributed by atoms with E-state index in [9.17, 15) is 18.0 Å². The lowest BCUT2D eigenvalue weighted by Gasteiger charge is -2.08. The first-order valence-electron chi connectivity index (χ1n) is 13.0. The van der Waals surface area contributed by atoms with Gasteiger partial charge in [-0.05, 0) is 80.4 Å². The van der Waals surface area contributed by atoms with Crippen LogP contribution in [-0.4, -0.2) is 48.1 Å². The van der Waals surface area contributed by atoms with Gasteiger partial charge in [0.05, 0.1) is 17.5 Å². The van der Waals surface area contributed by atoms with E-state index in [-0.39, 0.29) is 23.6 Å². The molecule has 44 heavy (non-hydrogen) atoms. The second-order valence-electron chi connectivity index (χ2n) is 9.08. The van der Waals surface area contributed by atoms with E-state index in [4.69, 9.17) is 26.4 Å². The summed E-state index contributed by atoms with van der Waals surface area (Å²) in [5.74, 6) is -0.0192. The molecule has 0 bridgehead atoms. The third kappa shape index (κ3) is 13.4. The number of para-hydroxylation sites is 1. The Morgan fingerprint density at radius 1 is 1.00 bits per heavy atom. The molecular formula is C30H33F3N6O4S. The number of aliphatic imine (C=N–C) groups is 3. The Balaban J connectivity index is 0.000000312. The van der Waals surface area contributed by atoms with Gasteiger partial charge in [0, 0.05) is 11.8 Å². The Kier molecular flexibility index (Phi) is 13.9. The first-order chi connectivity index (χ1) is 20.8. The standard InChI is InChI=1S/C16H13F3N4O.C14H20N2O3S/c17-16(18,19)24-14-7-5-13(6-8-14)22-10-23-15(21)12-3-1-11(9-20)2-4-12;1-9(2)19-14(17)18-8-20-13(15)16-12-10(3)6-5-7-11(12)4/h1-10,20H,(H2,21,22,23);5-7,9H,8H2,1-4H3,(H2,15,16). The number of amidine groups is 2. The van der Waals surface area contributed by atoms with Crippen LogP contribution in [0, 0.1) is 19.3 Å². The molecule has 0 saturated heterocycles. The van der Waals surface area contributed by atoms with Crippen LogP contribution in [0.5, 0.6) is 5.75 Å². The molecule has 234 valence electrons. The van der Waals surface area contributed by atoms with E-state index in [1.165, 1.54) is 24.7 Å². The zero-order chi connectivity index (χ0) is 32.7. The quantitative estimate of drug-likeness (QED) is 0.0980. The van der Waals surface area contributed by atoms with Crippen molar-refractivity contribution in [3.8, 4) is 5.75 Å². The van der Waals surface area contributed by atoms with Crippen molar-refractivity contribution in [1.82, 2.24) is 0 Å². The van der Waals surface area contributed by atoms with E-state index in [1.54, 1.807) is 38.1 Å². The smallest absolute Gasteiger partial charge is 0.432 e. The first-order valence-corrected chi connectivity index (χ1v) is 13.9.